The number of rotatable bonds is 8. The first-order chi connectivity index (χ1) is 8.95. The highest BCUT2D eigenvalue weighted by Gasteiger charge is 2.01. The van der Waals surface area contributed by atoms with Gasteiger partial charge in [-0.05, 0) is 64.5 Å². The molecule has 0 aromatic rings. The van der Waals surface area contributed by atoms with Crippen LogP contribution in [0.1, 0.15) is 60.3 Å². The van der Waals surface area contributed by atoms with E-state index < -0.39 is 0 Å². The maximum atomic E-state index is 11.3. The van der Waals surface area contributed by atoms with E-state index in [-0.39, 0.29) is 5.97 Å². The summed E-state index contributed by atoms with van der Waals surface area (Å²) in [6.07, 6.45) is 8.01. The van der Waals surface area contributed by atoms with Crippen molar-refractivity contribution in [2.24, 2.45) is 5.92 Å². The fourth-order valence-electron chi connectivity index (χ4n) is 1.69. The highest BCUT2D eigenvalue weighted by Crippen LogP contribution is 2.12. The van der Waals surface area contributed by atoms with Crippen LogP contribution >= 0.6 is 0 Å². The van der Waals surface area contributed by atoms with Gasteiger partial charge in [0.15, 0.2) is 0 Å². The quantitative estimate of drug-likeness (QED) is 0.357. The Hall–Kier alpha value is -1.27. The van der Waals surface area contributed by atoms with Gasteiger partial charge in [-0.3, -0.25) is 4.79 Å². The molecule has 19 heavy (non-hydrogen) atoms. The third-order valence-corrected chi connectivity index (χ3v) is 2.80. The van der Waals surface area contributed by atoms with Gasteiger partial charge in [-0.25, -0.2) is 0 Å². The van der Waals surface area contributed by atoms with E-state index in [0.717, 1.165) is 18.4 Å². The number of ether oxygens (including phenoxy) is 1. The van der Waals surface area contributed by atoms with Crippen molar-refractivity contribution in [3.05, 3.63) is 29.0 Å². The molecule has 0 aromatic heterocycles. The van der Waals surface area contributed by atoms with E-state index in [9.17, 15) is 4.79 Å². The second-order valence-corrected chi connectivity index (χ2v) is 5.31. The average molecular weight is 264 g/mol. The largest absolute Gasteiger partial charge is 0.466 e. The van der Waals surface area contributed by atoms with Crippen LogP contribution in [0.3, 0.4) is 0 Å². The van der Waals surface area contributed by atoms with E-state index in [0.29, 0.717) is 18.9 Å². The van der Waals surface area contributed by atoms with Crippen LogP contribution in [0.2, 0.25) is 0 Å². The molecule has 0 amide bonds. The molecular weight excluding hydrogens is 236 g/mol. The van der Waals surface area contributed by atoms with E-state index in [1.165, 1.54) is 12.0 Å². The van der Waals surface area contributed by atoms with Crippen molar-refractivity contribution in [1.82, 2.24) is 0 Å². The number of carbonyl (C=O) groups excluding carboxylic acids is 1. The van der Waals surface area contributed by atoms with Crippen molar-refractivity contribution in [2.45, 2.75) is 60.3 Å². The molecular formula is C17H28O2. The Bertz CT molecular complexity index is 353. The van der Waals surface area contributed by atoms with E-state index in [4.69, 9.17) is 4.74 Å². The number of hydrogen-bond acceptors (Lipinski definition) is 2. The Morgan fingerprint density at radius 1 is 1.32 bits per heavy atom. The summed E-state index contributed by atoms with van der Waals surface area (Å²) in [5.41, 5.74) is 5.50. The van der Waals surface area contributed by atoms with Gasteiger partial charge in [0.05, 0.1) is 13.0 Å². The van der Waals surface area contributed by atoms with E-state index in [1.54, 1.807) is 0 Å². The Kier molecular flexibility index (Phi) is 9.92. The number of allylic oxidation sites excluding steroid dienone is 2. The van der Waals surface area contributed by atoms with Crippen LogP contribution in [0.5, 0.6) is 0 Å². The zero-order chi connectivity index (χ0) is 14.7. The lowest BCUT2D eigenvalue weighted by Gasteiger charge is -2.05. The topological polar surface area (TPSA) is 26.3 Å². The third kappa shape index (κ3) is 11.5. The van der Waals surface area contributed by atoms with Gasteiger partial charge in [-0.2, -0.15) is 0 Å². The zero-order valence-electron chi connectivity index (χ0n) is 13.1. The van der Waals surface area contributed by atoms with Crippen LogP contribution in [0.25, 0.3) is 0 Å². The molecule has 0 rings (SSSR count). The summed E-state index contributed by atoms with van der Waals surface area (Å²) in [5.74, 6) is 0.482. The lowest BCUT2D eigenvalue weighted by molar-refractivity contribution is -0.142. The second kappa shape index (κ2) is 10.6. The standard InChI is InChI=1S/C17H28O2/c1-6-19-17(18)13-16(5)12-8-11-15(4)10-7-9-14(2)3/h8-9,15H,6-7,10-11,13H2,1-5H3. The molecule has 0 aliphatic carbocycles. The van der Waals surface area contributed by atoms with Gasteiger partial charge in [-0.15, -0.1) is 5.73 Å². The molecule has 0 fully saturated rings. The molecule has 0 N–H and O–H groups in total. The summed E-state index contributed by atoms with van der Waals surface area (Å²) in [7, 11) is 0. The fourth-order valence-corrected chi connectivity index (χ4v) is 1.69. The van der Waals surface area contributed by atoms with E-state index in [2.05, 4.69) is 32.6 Å². The van der Waals surface area contributed by atoms with E-state index in [1.807, 2.05) is 19.9 Å². The summed E-state index contributed by atoms with van der Waals surface area (Å²) in [6.45, 7) is 10.7. The van der Waals surface area contributed by atoms with Crippen molar-refractivity contribution in [2.75, 3.05) is 6.61 Å². The first kappa shape index (κ1) is 17.7. The Morgan fingerprint density at radius 2 is 2.00 bits per heavy atom. The smallest absolute Gasteiger partial charge is 0.310 e. The molecule has 0 bridgehead atoms. The molecule has 0 heterocycles. The molecule has 0 aliphatic heterocycles. The summed E-state index contributed by atoms with van der Waals surface area (Å²) in [6, 6.07) is 0. The van der Waals surface area contributed by atoms with Crippen molar-refractivity contribution >= 4 is 5.97 Å². The molecule has 0 aromatic carbocycles. The van der Waals surface area contributed by atoms with Crippen LogP contribution in [0.4, 0.5) is 0 Å². The van der Waals surface area contributed by atoms with Crippen molar-refractivity contribution in [1.29, 1.82) is 0 Å². The Balaban J connectivity index is 4.04. The van der Waals surface area contributed by atoms with Crippen LogP contribution in [0, 0.1) is 5.92 Å². The lowest BCUT2D eigenvalue weighted by atomic mass is 10.0. The number of esters is 1. The molecule has 108 valence electrons. The molecule has 0 spiro atoms. The van der Waals surface area contributed by atoms with Crippen LogP contribution < -0.4 is 0 Å². The SMILES string of the molecule is CCOC(=O)CC(C)=C=CCC(C)CCC=C(C)C. The average Bonchev–Trinajstić information content (AvgIpc) is 2.28. The normalized spacial score (nSPS) is 11.2. The summed E-state index contributed by atoms with van der Waals surface area (Å²) < 4.78 is 4.90. The first-order valence-corrected chi connectivity index (χ1v) is 7.15. The monoisotopic (exact) mass is 264 g/mol. The molecule has 1 atom stereocenters. The van der Waals surface area contributed by atoms with Gasteiger partial charge in [0.1, 0.15) is 0 Å². The third-order valence-electron chi connectivity index (χ3n) is 2.80. The molecule has 0 saturated heterocycles. The molecule has 2 nitrogen and oxygen atoms in total. The van der Waals surface area contributed by atoms with Crippen LogP contribution in [-0.2, 0) is 9.53 Å². The van der Waals surface area contributed by atoms with Crippen molar-refractivity contribution in [3.8, 4) is 0 Å². The fraction of sp³-hybridized carbons (Fsp3) is 0.647. The van der Waals surface area contributed by atoms with Gasteiger partial charge >= 0.3 is 5.97 Å². The predicted octanol–water partition coefficient (Wildman–Crippen LogP) is 4.81. The maximum Gasteiger partial charge on any atom is 0.310 e. The van der Waals surface area contributed by atoms with Crippen LogP contribution in [0.15, 0.2) is 29.0 Å². The van der Waals surface area contributed by atoms with Gasteiger partial charge in [0.2, 0.25) is 0 Å². The summed E-state index contributed by atoms with van der Waals surface area (Å²) in [5, 5.41) is 0. The first-order valence-electron chi connectivity index (χ1n) is 7.15. The highest BCUT2D eigenvalue weighted by atomic mass is 16.5. The number of hydrogen-bond donors (Lipinski definition) is 0. The minimum Gasteiger partial charge on any atom is -0.466 e. The second-order valence-electron chi connectivity index (χ2n) is 5.31. The molecule has 0 radical (unpaired) electrons. The minimum atomic E-state index is -0.169. The summed E-state index contributed by atoms with van der Waals surface area (Å²) in [4.78, 5) is 11.3. The zero-order valence-corrected chi connectivity index (χ0v) is 13.1. The van der Waals surface area contributed by atoms with Gasteiger partial charge in [0, 0.05) is 0 Å². The van der Waals surface area contributed by atoms with Crippen molar-refractivity contribution < 1.29 is 9.53 Å². The molecule has 1 unspecified atom stereocenters. The minimum absolute atomic E-state index is 0.169. The molecule has 0 saturated carbocycles. The van der Waals surface area contributed by atoms with Gasteiger partial charge < -0.3 is 4.74 Å². The van der Waals surface area contributed by atoms with Crippen LogP contribution in [-0.4, -0.2) is 12.6 Å². The van der Waals surface area contributed by atoms with Gasteiger partial charge in [-0.1, -0.05) is 18.6 Å². The predicted molar refractivity (Wildman–Crippen MR) is 81.0 cm³/mol. The maximum absolute atomic E-state index is 11.3. The Morgan fingerprint density at radius 3 is 2.58 bits per heavy atom. The number of carbonyl (C=O) groups is 1. The molecule has 0 aliphatic rings. The Labute approximate surface area is 118 Å². The van der Waals surface area contributed by atoms with Crippen molar-refractivity contribution in [3.63, 3.8) is 0 Å². The summed E-state index contributed by atoms with van der Waals surface area (Å²) >= 11 is 0. The highest BCUT2D eigenvalue weighted by molar-refractivity contribution is 5.72. The van der Waals surface area contributed by atoms with Gasteiger partial charge in [0.25, 0.3) is 0 Å². The lowest BCUT2D eigenvalue weighted by Crippen LogP contribution is -2.03. The van der Waals surface area contributed by atoms with E-state index >= 15 is 0 Å². The molecule has 2 heteroatoms.